The highest BCUT2D eigenvalue weighted by Crippen LogP contribution is 2.52. The number of hydrogen-bond acceptors (Lipinski definition) is 6. The number of fused-ring (bicyclic) bond motifs is 5. The zero-order valence-corrected chi connectivity index (χ0v) is 12.6. The van der Waals surface area contributed by atoms with E-state index in [9.17, 15) is 14.4 Å². The number of nitrogens with zero attached hydrogens (tertiary/aromatic N) is 3. The maximum absolute atomic E-state index is 12.6. The molecule has 4 rings (SSSR count). The number of hydrogen-bond donors (Lipinski definition) is 1. The van der Waals surface area contributed by atoms with Crippen molar-refractivity contribution in [3.05, 3.63) is 17.7 Å². The molecular formula is C14H14N4O3S. The number of rotatable bonds is 3. The number of amides is 3. The van der Waals surface area contributed by atoms with Gasteiger partial charge in [0.15, 0.2) is 0 Å². The Labute approximate surface area is 130 Å². The summed E-state index contributed by atoms with van der Waals surface area (Å²) in [6.07, 6.45) is 4.95. The summed E-state index contributed by atoms with van der Waals surface area (Å²) in [7, 11) is 0. The lowest BCUT2D eigenvalue weighted by molar-refractivity contribution is -0.146. The molecule has 5 atom stereocenters. The van der Waals surface area contributed by atoms with Crippen LogP contribution >= 0.6 is 11.3 Å². The molecule has 0 radical (unpaired) electrons. The summed E-state index contributed by atoms with van der Waals surface area (Å²) in [6.45, 7) is 1.57. The molecule has 1 saturated carbocycles. The highest BCUT2D eigenvalue weighted by Gasteiger charge is 2.60. The third kappa shape index (κ3) is 1.76. The Bertz CT molecular complexity index is 656. The average molecular weight is 318 g/mol. The Morgan fingerprint density at radius 2 is 1.95 bits per heavy atom. The normalized spacial score (nSPS) is 33.4. The number of carbonyl (C=O) groups excluding carboxylic acids is 3. The fraction of sp³-hybridized carbons (Fsp3) is 0.500. The summed E-state index contributed by atoms with van der Waals surface area (Å²) in [5.74, 6) is -1.11. The van der Waals surface area contributed by atoms with E-state index in [-0.39, 0.29) is 35.5 Å². The Hall–Kier alpha value is -2.09. The van der Waals surface area contributed by atoms with Crippen LogP contribution in [0, 0.1) is 23.7 Å². The number of imide groups is 1. The molecule has 1 aliphatic heterocycles. The van der Waals surface area contributed by atoms with Crippen molar-refractivity contribution in [1.29, 1.82) is 0 Å². The van der Waals surface area contributed by atoms with Gasteiger partial charge in [-0.25, -0.2) is 0 Å². The molecule has 0 unspecified atom stereocenters. The minimum absolute atomic E-state index is 0.148. The molecule has 1 aromatic heterocycles. The minimum Gasteiger partial charge on any atom is -0.299 e. The van der Waals surface area contributed by atoms with Gasteiger partial charge in [-0.05, 0) is 25.2 Å². The van der Waals surface area contributed by atoms with Gasteiger partial charge in [-0.2, -0.15) is 0 Å². The van der Waals surface area contributed by atoms with E-state index in [0.717, 1.165) is 11.3 Å². The van der Waals surface area contributed by atoms with E-state index in [1.54, 1.807) is 6.92 Å². The highest BCUT2D eigenvalue weighted by molar-refractivity contribution is 7.13. The van der Waals surface area contributed by atoms with Gasteiger partial charge in [0.05, 0.1) is 11.8 Å². The van der Waals surface area contributed by atoms with Gasteiger partial charge in [-0.3, -0.25) is 24.6 Å². The van der Waals surface area contributed by atoms with Gasteiger partial charge >= 0.3 is 0 Å². The molecule has 3 aliphatic rings. The second kappa shape index (κ2) is 4.70. The van der Waals surface area contributed by atoms with Crippen LogP contribution in [0.5, 0.6) is 0 Å². The number of anilines is 1. The summed E-state index contributed by atoms with van der Waals surface area (Å²) in [6, 6.07) is -0.839. The molecule has 0 aromatic carbocycles. The molecule has 0 spiro atoms. The van der Waals surface area contributed by atoms with Crippen molar-refractivity contribution in [2.24, 2.45) is 23.7 Å². The van der Waals surface area contributed by atoms with Gasteiger partial charge in [-0.15, -0.1) is 10.2 Å². The summed E-state index contributed by atoms with van der Waals surface area (Å²) in [5.41, 5.74) is 1.50. The van der Waals surface area contributed by atoms with Crippen molar-refractivity contribution < 1.29 is 14.4 Å². The summed E-state index contributed by atoms with van der Waals surface area (Å²) < 4.78 is 0. The summed E-state index contributed by atoms with van der Waals surface area (Å²) >= 11 is 1.19. The van der Waals surface area contributed by atoms with E-state index in [4.69, 9.17) is 0 Å². The first-order valence-electron chi connectivity index (χ1n) is 7.20. The maximum Gasteiger partial charge on any atom is 0.249 e. The van der Waals surface area contributed by atoms with E-state index < -0.39 is 11.9 Å². The molecule has 1 saturated heterocycles. The van der Waals surface area contributed by atoms with Crippen LogP contribution in [-0.2, 0) is 14.4 Å². The molecule has 8 heteroatoms. The van der Waals surface area contributed by atoms with Crippen LogP contribution in [-0.4, -0.2) is 38.9 Å². The third-order valence-corrected chi connectivity index (χ3v) is 5.47. The standard InChI is InChI=1S/C14H14N4O3S/c1-6(11(19)16-14-17-15-5-22-14)18-12(20)9-7-2-3-8(4-7)10(9)13(18)21/h2-3,5-10H,4H2,1H3,(H,16,17,19)/t6-,7+,8+,9-,10-/m1/s1. The molecule has 22 heavy (non-hydrogen) atoms. The summed E-state index contributed by atoms with van der Waals surface area (Å²) in [4.78, 5) is 38.6. The van der Waals surface area contributed by atoms with E-state index in [1.807, 2.05) is 12.2 Å². The highest BCUT2D eigenvalue weighted by atomic mass is 32.1. The number of aromatic nitrogens is 2. The molecular weight excluding hydrogens is 304 g/mol. The van der Waals surface area contributed by atoms with Crippen LogP contribution in [0.4, 0.5) is 5.13 Å². The largest absolute Gasteiger partial charge is 0.299 e. The second-order valence-electron chi connectivity index (χ2n) is 5.96. The SMILES string of the molecule is C[C@H](C(=O)Nc1nncs1)N1C(=O)[C@H]2[C@H](C1=O)[C@H]1C=C[C@H]2C1. The van der Waals surface area contributed by atoms with Crippen LogP contribution in [0.25, 0.3) is 0 Å². The Kier molecular flexibility index (Phi) is 2.90. The average Bonchev–Trinajstić information content (AvgIpc) is 3.24. The molecule has 1 N–H and O–H groups in total. The first kappa shape index (κ1) is 13.6. The predicted molar refractivity (Wildman–Crippen MR) is 77.6 cm³/mol. The predicted octanol–water partition coefficient (Wildman–Crippen LogP) is 0.672. The van der Waals surface area contributed by atoms with E-state index in [1.165, 1.54) is 16.8 Å². The van der Waals surface area contributed by atoms with Crippen LogP contribution in [0.1, 0.15) is 13.3 Å². The number of allylic oxidation sites excluding steroid dienone is 2. The van der Waals surface area contributed by atoms with Crippen LogP contribution in [0.3, 0.4) is 0 Å². The van der Waals surface area contributed by atoms with Gasteiger partial charge in [0.1, 0.15) is 11.6 Å². The van der Waals surface area contributed by atoms with Gasteiger partial charge in [0.2, 0.25) is 22.9 Å². The summed E-state index contributed by atoms with van der Waals surface area (Å²) in [5, 5.41) is 10.3. The van der Waals surface area contributed by atoms with Crippen LogP contribution < -0.4 is 5.32 Å². The topological polar surface area (TPSA) is 92.3 Å². The van der Waals surface area contributed by atoms with Crippen molar-refractivity contribution in [2.75, 3.05) is 5.32 Å². The lowest BCUT2D eigenvalue weighted by Crippen LogP contribution is -2.46. The van der Waals surface area contributed by atoms with E-state index in [2.05, 4.69) is 15.5 Å². The number of nitrogens with one attached hydrogen (secondary N) is 1. The monoisotopic (exact) mass is 318 g/mol. The molecule has 2 fully saturated rings. The molecule has 2 aliphatic carbocycles. The minimum atomic E-state index is -0.839. The molecule has 2 bridgehead atoms. The Morgan fingerprint density at radius 1 is 1.32 bits per heavy atom. The molecule has 3 amide bonds. The Morgan fingerprint density at radius 3 is 2.50 bits per heavy atom. The number of likely N-dealkylation sites (tertiary alicyclic amines) is 1. The van der Waals surface area contributed by atoms with Crippen LogP contribution in [0.2, 0.25) is 0 Å². The van der Waals surface area contributed by atoms with Crippen molar-refractivity contribution in [3.63, 3.8) is 0 Å². The van der Waals surface area contributed by atoms with Crippen molar-refractivity contribution >= 4 is 34.2 Å². The van der Waals surface area contributed by atoms with Crippen molar-refractivity contribution in [2.45, 2.75) is 19.4 Å². The van der Waals surface area contributed by atoms with Gasteiger partial charge in [0.25, 0.3) is 0 Å². The second-order valence-corrected chi connectivity index (χ2v) is 6.79. The molecule has 114 valence electrons. The zero-order chi connectivity index (χ0) is 15.4. The van der Waals surface area contributed by atoms with Crippen molar-refractivity contribution in [3.8, 4) is 0 Å². The lowest BCUT2D eigenvalue weighted by Gasteiger charge is -2.23. The van der Waals surface area contributed by atoms with Crippen LogP contribution in [0.15, 0.2) is 17.7 Å². The third-order valence-electron chi connectivity index (χ3n) is 4.86. The molecule has 2 heterocycles. The maximum atomic E-state index is 12.6. The first-order chi connectivity index (χ1) is 10.6. The van der Waals surface area contributed by atoms with E-state index in [0.29, 0.717) is 5.13 Å². The van der Waals surface area contributed by atoms with Gasteiger partial charge in [-0.1, -0.05) is 23.5 Å². The quantitative estimate of drug-likeness (QED) is 0.653. The molecule has 7 nitrogen and oxygen atoms in total. The van der Waals surface area contributed by atoms with E-state index >= 15 is 0 Å². The molecule has 1 aromatic rings. The first-order valence-corrected chi connectivity index (χ1v) is 8.08. The van der Waals surface area contributed by atoms with Crippen molar-refractivity contribution in [1.82, 2.24) is 15.1 Å². The zero-order valence-electron chi connectivity index (χ0n) is 11.8. The van der Waals surface area contributed by atoms with Gasteiger partial charge in [0, 0.05) is 0 Å². The fourth-order valence-corrected chi connectivity index (χ4v) is 4.31. The smallest absolute Gasteiger partial charge is 0.249 e. The fourth-order valence-electron chi connectivity index (χ4n) is 3.86. The Balaban J connectivity index is 1.54. The van der Waals surface area contributed by atoms with Gasteiger partial charge < -0.3 is 0 Å². The number of carbonyl (C=O) groups is 3. The lowest BCUT2D eigenvalue weighted by atomic mass is 9.85.